The number of carbonyl (C=O) groups excluding carboxylic acids is 1. The first kappa shape index (κ1) is 20.3. The molecule has 1 atom stereocenters. The number of nitrogens with zero attached hydrogens (tertiary/aromatic N) is 5. The van der Waals surface area contributed by atoms with Gasteiger partial charge in [-0.3, -0.25) is 9.78 Å². The van der Waals surface area contributed by atoms with E-state index in [0.717, 1.165) is 43.9 Å². The Hall–Kier alpha value is -2.46. The summed E-state index contributed by atoms with van der Waals surface area (Å²) in [4.78, 5) is 21.0. The summed E-state index contributed by atoms with van der Waals surface area (Å²) in [5, 5.41) is 8.20. The van der Waals surface area contributed by atoms with E-state index >= 15 is 0 Å². The van der Waals surface area contributed by atoms with Crippen LogP contribution in [0.25, 0.3) is 0 Å². The van der Waals surface area contributed by atoms with Crippen molar-refractivity contribution >= 4 is 5.91 Å². The Bertz CT molecular complexity index is 751. The summed E-state index contributed by atoms with van der Waals surface area (Å²) < 4.78 is 6.11. The number of amides is 1. The minimum Gasteiger partial charge on any atom is -0.488 e. The van der Waals surface area contributed by atoms with Crippen molar-refractivity contribution in [1.82, 2.24) is 14.8 Å². The lowest BCUT2D eigenvalue weighted by Crippen LogP contribution is -2.31. The normalized spacial score (nSPS) is 19.6. The summed E-state index contributed by atoms with van der Waals surface area (Å²) in [6.07, 6.45) is 10.4. The van der Waals surface area contributed by atoms with Gasteiger partial charge in [-0.05, 0) is 19.7 Å². The van der Waals surface area contributed by atoms with Crippen molar-refractivity contribution in [2.75, 3.05) is 26.7 Å². The molecule has 3 heterocycles. The van der Waals surface area contributed by atoms with Gasteiger partial charge in [-0.2, -0.15) is 10.2 Å². The molecule has 0 radical (unpaired) electrons. The molecule has 1 aromatic heterocycles. The van der Waals surface area contributed by atoms with Gasteiger partial charge in [0.15, 0.2) is 5.66 Å². The molecule has 0 aliphatic carbocycles. The minimum absolute atomic E-state index is 0.0220. The summed E-state index contributed by atoms with van der Waals surface area (Å²) in [7, 11) is 2.06. The van der Waals surface area contributed by atoms with Crippen molar-refractivity contribution in [2.45, 2.75) is 57.3 Å². The topological polar surface area (TPSA) is 70.4 Å². The van der Waals surface area contributed by atoms with Gasteiger partial charge < -0.3 is 14.5 Å². The lowest BCUT2D eigenvalue weighted by molar-refractivity contribution is -0.130. The molecule has 28 heavy (non-hydrogen) atoms. The molecule has 1 amide bonds. The molecule has 0 N–H and O–H groups in total. The Labute approximate surface area is 167 Å². The smallest absolute Gasteiger partial charge is 0.222 e. The van der Waals surface area contributed by atoms with Crippen LogP contribution in [-0.2, 0) is 11.3 Å². The summed E-state index contributed by atoms with van der Waals surface area (Å²) >= 11 is 0. The zero-order chi connectivity index (χ0) is 20.0. The van der Waals surface area contributed by atoms with Crippen molar-refractivity contribution in [3.63, 3.8) is 0 Å². The van der Waals surface area contributed by atoms with Crippen molar-refractivity contribution in [3.8, 4) is 18.1 Å². The lowest BCUT2D eigenvalue weighted by atomic mass is 10.0. The molecule has 7 heteroatoms. The van der Waals surface area contributed by atoms with E-state index in [1.54, 1.807) is 6.20 Å². The molecule has 1 unspecified atom stereocenters. The molecular weight excluding hydrogens is 354 g/mol. The molecule has 2 aliphatic heterocycles. The second-order valence-electron chi connectivity index (χ2n) is 7.57. The monoisotopic (exact) mass is 383 g/mol. The number of aromatic nitrogens is 1. The van der Waals surface area contributed by atoms with Gasteiger partial charge >= 0.3 is 0 Å². The molecule has 150 valence electrons. The van der Waals surface area contributed by atoms with Gasteiger partial charge in [0.1, 0.15) is 11.9 Å². The van der Waals surface area contributed by atoms with Crippen LogP contribution in [-0.4, -0.2) is 59.1 Å². The third-order valence-corrected chi connectivity index (χ3v) is 5.35. The maximum atomic E-state index is 12.5. The average molecular weight is 383 g/mol. The predicted molar refractivity (Wildman–Crippen MR) is 107 cm³/mol. The van der Waals surface area contributed by atoms with E-state index in [0.29, 0.717) is 25.8 Å². The number of likely N-dealkylation sites (tertiary alicyclic amines) is 1. The van der Waals surface area contributed by atoms with Crippen molar-refractivity contribution in [2.24, 2.45) is 10.2 Å². The summed E-state index contributed by atoms with van der Waals surface area (Å²) in [6.45, 7) is 5.23. The van der Waals surface area contributed by atoms with E-state index in [1.807, 2.05) is 17.0 Å². The van der Waals surface area contributed by atoms with Crippen LogP contribution in [0.4, 0.5) is 0 Å². The molecule has 7 nitrogen and oxygen atoms in total. The maximum absolute atomic E-state index is 12.5. The third-order valence-electron chi connectivity index (χ3n) is 5.35. The fraction of sp³-hybridized carbons (Fsp3) is 0.619. The van der Waals surface area contributed by atoms with Gasteiger partial charge in [0.2, 0.25) is 5.91 Å². The van der Waals surface area contributed by atoms with Crippen LogP contribution in [0, 0.1) is 12.3 Å². The van der Waals surface area contributed by atoms with Gasteiger partial charge in [-0.15, -0.1) is 12.3 Å². The van der Waals surface area contributed by atoms with Crippen LogP contribution in [0.5, 0.6) is 5.75 Å². The Morgan fingerprint density at radius 3 is 3.00 bits per heavy atom. The highest BCUT2D eigenvalue weighted by atomic mass is 16.5. The summed E-state index contributed by atoms with van der Waals surface area (Å²) in [5.41, 5.74) is 0.596. The number of hydrogen-bond donors (Lipinski definition) is 0. The number of hydrogen-bond acceptors (Lipinski definition) is 6. The quantitative estimate of drug-likeness (QED) is 0.583. The number of pyridine rings is 1. The number of terminal acetylenes is 1. The Balaban J connectivity index is 1.44. The predicted octanol–water partition coefficient (Wildman–Crippen LogP) is 2.87. The van der Waals surface area contributed by atoms with Crippen LogP contribution in [0.2, 0.25) is 0 Å². The van der Waals surface area contributed by atoms with Gasteiger partial charge in [0, 0.05) is 57.5 Å². The van der Waals surface area contributed by atoms with Crippen LogP contribution >= 0.6 is 0 Å². The Morgan fingerprint density at radius 2 is 2.29 bits per heavy atom. The fourth-order valence-corrected chi connectivity index (χ4v) is 3.38. The number of rotatable bonds is 10. The zero-order valence-electron chi connectivity index (χ0n) is 16.8. The van der Waals surface area contributed by atoms with Gasteiger partial charge in [0.25, 0.3) is 0 Å². The van der Waals surface area contributed by atoms with Crippen LogP contribution in [0.1, 0.15) is 44.7 Å². The first-order chi connectivity index (χ1) is 13.5. The SMILES string of the molecule is C#CCCC1(CCC(=O)N2CCC(Oc3ccnc(CN(C)CC)c3)C2)N=N1. The van der Waals surface area contributed by atoms with Gasteiger partial charge in [0.05, 0.1) is 12.2 Å². The second-order valence-corrected chi connectivity index (χ2v) is 7.57. The van der Waals surface area contributed by atoms with E-state index in [9.17, 15) is 4.79 Å². The largest absolute Gasteiger partial charge is 0.488 e. The third kappa shape index (κ3) is 5.52. The maximum Gasteiger partial charge on any atom is 0.222 e. The van der Waals surface area contributed by atoms with Gasteiger partial charge in [-0.25, -0.2) is 0 Å². The highest BCUT2D eigenvalue weighted by Crippen LogP contribution is 2.37. The summed E-state index contributed by atoms with van der Waals surface area (Å²) in [6, 6.07) is 3.87. The van der Waals surface area contributed by atoms with Crippen LogP contribution in [0.15, 0.2) is 28.6 Å². The van der Waals surface area contributed by atoms with E-state index in [1.165, 1.54) is 0 Å². The van der Waals surface area contributed by atoms with E-state index in [4.69, 9.17) is 11.2 Å². The molecular formula is C21H29N5O2. The minimum atomic E-state index is -0.392. The Kier molecular flexibility index (Phi) is 6.63. The number of carbonyl (C=O) groups is 1. The highest BCUT2D eigenvalue weighted by molar-refractivity contribution is 5.76. The molecule has 1 aromatic rings. The molecule has 1 fully saturated rings. The molecule has 0 aromatic carbocycles. The molecule has 2 aliphatic rings. The first-order valence-corrected chi connectivity index (χ1v) is 9.99. The Morgan fingerprint density at radius 1 is 1.46 bits per heavy atom. The molecule has 0 spiro atoms. The lowest BCUT2D eigenvalue weighted by Gasteiger charge is -2.18. The number of ether oxygens (including phenoxy) is 1. The van der Waals surface area contributed by atoms with Crippen molar-refractivity contribution in [3.05, 3.63) is 24.0 Å². The summed E-state index contributed by atoms with van der Waals surface area (Å²) in [5.74, 6) is 3.57. The van der Waals surface area contributed by atoms with E-state index in [2.05, 4.69) is 40.0 Å². The first-order valence-electron chi connectivity index (χ1n) is 9.99. The van der Waals surface area contributed by atoms with Gasteiger partial charge in [-0.1, -0.05) is 6.92 Å². The molecule has 1 saturated heterocycles. The van der Waals surface area contributed by atoms with Crippen molar-refractivity contribution < 1.29 is 9.53 Å². The van der Waals surface area contributed by atoms with Crippen LogP contribution < -0.4 is 4.74 Å². The highest BCUT2D eigenvalue weighted by Gasteiger charge is 2.40. The fourth-order valence-electron chi connectivity index (χ4n) is 3.38. The van der Waals surface area contributed by atoms with Crippen molar-refractivity contribution in [1.29, 1.82) is 0 Å². The molecule has 0 saturated carbocycles. The molecule has 3 rings (SSSR count). The van der Waals surface area contributed by atoms with E-state index < -0.39 is 5.66 Å². The zero-order valence-corrected chi connectivity index (χ0v) is 16.8. The molecule has 0 bridgehead atoms. The standard InChI is InChI=1S/C21H29N5O2/c1-4-6-10-21(23-24-21)11-7-20(27)26-13-9-19(16-26)28-18-8-12-22-17(14-18)15-25(3)5-2/h1,8,12,14,19H,5-7,9-11,13,15-16H2,2-3H3. The average Bonchev–Trinajstić information content (AvgIpc) is 3.32. The van der Waals surface area contributed by atoms with Crippen LogP contribution in [0.3, 0.4) is 0 Å². The second kappa shape index (κ2) is 9.16. The van der Waals surface area contributed by atoms with E-state index in [-0.39, 0.29) is 12.0 Å².